The Bertz CT molecular complexity index is 202. The summed E-state index contributed by atoms with van der Waals surface area (Å²) in [7, 11) is 3.08. The molecule has 1 rings (SSSR count). The third kappa shape index (κ3) is 1.05. The van der Waals surface area contributed by atoms with Crippen LogP contribution in [0.1, 0.15) is 0 Å². The van der Waals surface area contributed by atoms with E-state index in [9.17, 15) is 0 Å². The summed E-state index contributed by atoms with van der Waals surface area (Å²) in [5.41, 5.74) is 0. The third-order valence-electron chi connectivity index (χ3n) is 1.01. The van der Waals surface area contributed by atoms with Gasteiger partial charge in [0.25, 0.3) is 0 Å². The van der Waals surface area contributed by atoms with Gasteiger partial charge in [-0.1, -0.05) is 12.1 Å². The van der Waals surface area contributed by atoms with Crippen molar-refractivity contribution in [3.8, 4) is 11.5 Å². The molecule has 0 saturated carbocycles. The van der Waals surface area contributed by atoms with Crippen molar-refractivity contribution in [3.63, 3.8) is 0 Å². The molecule has 45 valence electrons. The van der Waals surface area contributed by atoms with Gasteiger partial charge in [0.15, 0.2) is 11.5 Å². The first-order valence-corrected chi connectivity index (χ1v) is 2.94. The lowest BCUT2D eigenvalue weighted by molar-refractivity contribution is 0.407. The van der Waals surface area contributed by atoms with Gasteiger partial charge in [-0.3, -0.25) is 0 Å². The first-order valence-electron chi connectivity index (χ1n) is 2.44. The molecule has 0 spiro atoms. The summed E-state index contributed by atoms with van der Waals surface area (Å²) in [6.45, 7) is 0. The van der Waals surface area contributed by atoms with Gasteiger partial charge in [0.1, 0.15) is 0 Å². The Morgan fingerprint density at radius 2 is 1.89 bits per heavy atom. The lowest BCUT2D eigenvalue weighted by Crippen LogP contribution is -2.00. The molecule has 0 amide bonds. The number of hydrogen-bond donors (Lipinski definition) is 2. The van der Waals surface area contributed by atoms with Crippen LogP contribution in [-0.2, 0) is 0 Å². The van der Waals surface area contributed by atoms with Crippen LogP contribution in [0.3, 0.4) is 0 Å². The number of para-hydroxylation sites is 1. The van der Waals surface area contributed by atoms with Crippen LogP contribution in [0.5, 0.6) is 11.5 Å². The van der Waals surface area contributed by atoms with E-state index < -0.39 is 0 Å². The molecular weight excluding hydrogens is 132 g/mol. The van der Waals surface area contributed by atoms with Gasteiger partial charge in [0, 0.05) is 0 Å². The van der Waals surface area contributed by atoms with Crippen LogP contribution in [0.2, 0.25) is 0 Å². The fraction of sp³-hybridized carbons (Fsp3) is 0. The van der Waals surface area contributed by atoms with Crippen LogP contribution in [-0.4, -0.2) is 20.5 Å². The van der Waals surface area contributed by atoms with E-state index in [2.05, 4.69) is 10.2 Å². The molecule has 3 radical (unpaired) electrons. The van der Waals surface area contributed by atoms with Crippen molar-refractivity contribution in [3.05, 3.63) is 18.2 Å². The highest BCUT2D eigenvalue weighted by Gasteiger charge is 1.98. The largest absolute Gasteiger partial charge is 0.504 e. The van der Waals surface area contributed by atoms with Crippen LogP contribution in [0.15, 0.2) is 18.2 Å². The zero-order chi connectivity index (χ0) is 6.85. The number of benzene rings is 1. The van der Waals surface area contributed by atoms with E-state index in [0.717, 1.165) is 0 Å². The Kier molecular flexibility index (Phi) is 1.44. The van der Waals surface area contributed by atoms with Gasteiger partial charge in [-0.2, -0.15) is 0 Å². The van der Waals surface area contributed by atoms with E-state index in [4.69, 9.17) is 10.2 Å². The Balaban J connectivity index is 3.25. The maximum absolute atomic E-state index is 8.91. The number of rotatable bonds is 0. The number of phenolic OH excluding ortho intramolecular Hbond substituents is 2. The standard InChI is InChI=1S/C6H5O2Si/c7-4-2-1-3-5(9)6(4)8/h1-3,7-8H. The molecule has 0 atom stereocenters. The first-order chi connectivity index (χ1) is 4.22. The highest BCUT2D eigenvalue weighted by Crippen LogP contribution is 2.18. The molecule has 0 aromatic heterocycles. The van der Waals surface area contributed by atoms with Gasteiger partial charge in [-0.05, 0) is 11.3 Å². The lowest BCUT2D eigenvalue weighted by atomic mass is 10.3. The zero-order valence-electron chi connectivity index (χ0n) is 4.63. The molecular formula is C6H5O2Si. The molecule has 1 aromatic rings. The summed E-state index contributed by atoms with van der Waals surface area (Å²) in [5.74, 6) is -0.225. The molecule has 2 N–H and O–H groups in total. The number of aromatic hydroxyl groups is 2. The van der Waals surface area contributed by atoms with E-state index in [0.29, 0.717) is 5.19 Å². The zero-order valence-corrected chi connectivity index (χ0v) is 5.63. The van der Waals surface area contributed by atoms with Crippen molar-refractivity contribution < 1.29 is 10.2 Å². The van der Waals surface area contributed by atoms with E-state index in [1.807, 2.05) is 0 Å². The van der Waals surface area contributed by atoms with Crippen molar-refractivity contribution in [2.24, 2.45) is 0 Å². The Hall–Kier alpha value is -0.963. The SMILES string of the molecule is Oc1cccc([Si])c1O. The predicted molar refractivity (Wildman–Crippen MR) is 35.2 cm³/mol. The molecule has 0 heterocycles. The van der Waals surface area contributed by atoms with E-state index in [1.165, 1.54) is 6.07 Å². The van der Waals surface area contributed by atoms with E-state index in [1.54, 1.807) is 12.1 Å². The topological polar surface area (TPSA) is 40.5 Å². The molecule has 0 aliphatic rings. The van der Waals surface area contributed by atoms with Gasteiger partial charge in [0.2, 0.25) is 0 Å². The molecule has 0 aliphatic heterocycles. The Morgan fingerprint density at radius 1 is 1.22 bits per heavy atom. The van der Waals surface area contributed by atoms with Crippen LogP contribution >= 0.6 is 0 Å². The quantitative estimate of drug-likeness (QED) is 0.387. The average molecular weight is 137 g/mol. The molecule has 3 heteroatoms. The predicted octanol–water partition coefficient (Wildman–Crippen LogP) is -0.108. The van der Waals surface area contributed by atoms with Gasteiger partial charge in [-0.15, -0.1) is 0 Å². The molecule has 0 saturated heterocycles. The lowest BCUT2D eigenvalue weighted by Gasteiger charge is -1.97. The second kappa shape index (κ2) is 2.11. The summed E-state index contributed by atoms with van der Waals surface area (Å²) in [6, 6.07) is 4.70. The fourth-order valence-corrected chi connectivity index (χ4v) is 0.756. The molecule has 0 fully saturated rings. The van der Waals surface area contributed by atoms with Crippen LogP contribution in [0.25, 0.3) is 0 Å². The van der Waals surface area contributed by atoms with Crippen LogP contribution < -0.4 is 5.19 Å². The van der Waals surface area contributed by atoms with E-state index in [-0.39, 0.29) is 11.5 Å². The minimum Gasteiger partial charge on any atom is -0.504 e. The Morgan fingerprint density at radius 3 is 2.33 bits per heavy atom. The molecule has 1 aromatic carbocycles. The maximum Gasteiger partial charge on any atom is 0.157 e. The summed E-state index contributed by atoms with van der Waals surface area (Å²) >= 11 is 0. The highest BCUT2D eigenvalue weighted by molar-refractivity contribution is 6.34. The third-order valence-corrected chi connectivity index (χ3v) is 1.42. The van der Waals surface area contributed by atoms with Gasteiger partial charge >= 0.3 is 0 Å². The maximum atomic E-state index is 8.91. The second-order valence-corrected chi connectivity index (χ2v) is 2.21. The highest BCUT2D eigenvalue weighted by atomic mass is 28.1. The minimum absolute atomic E-state index is 0.109. The van der Waals surface area contributed by atoms with Gasteiger partial charge in [-0.25, -0.2) is 0 Å². The van der Waals surface area contributed by atoms with Gasteiger partial charge < -0.3 is 10.2 Å². The molecule has 2 nitrogen and oxygen atoms in total. The smallest absolute Gasteiger partial charge is 0.157 e. The fourth-order valence-electron chi connectivity index (χ4n) is 0.531. The average Bonchev–Trinajstić information content (AvgIpc) is 1.83. The molecule has 0 aliphatic carbocycles. The normalized spacial score (nSPS) is 9.44. The monoisotopic (exact) mass is 137 g/mol. The first kappa shape index (κ1) is 6.16. The summed E-state index contributed by atoms with van der Waals surface area (Å²) in [6.07, 6.45) is 0. The van der Waals surface area contributed by atoms with E-state index >= 15 is 0 Å². The van der Waals surface area contributed by atoms with Crippen LogP contribution in [0.4, 0.5) is 0 Å². The summed E-state index contributed by atoms with van der Waals surface area (Å²) in [4.78, 5) is 0. The number of hydrogen-bond acceptors (Lipinski definition) is 2. The minimum atomic E-state index is -0.117. The van der Waals surface area contributed by atoms with Crippen molar-refractivity contribution in [1.29, 1.82) is 0 Å². The Labute approximate surface area is 56.2 Å². The van der Waals surface area contributed by atoms with Crippen molar-refractivity contribution in [2.45, 2.75) is 0 Å². The van der Waals surface area contributed by atoms with Gasteiger partial charge in [0.05, 0.1) is 10.2 Å². The molecule has 0 unspecified atom stereocenters. The summed E-state index contributed by atoms with van der Waals surface area (Å²) < 4.78 is 0. The number of phenols is 2. The van der Waals surface area contributed by atoms with Crippen molar-refractivity contribution in [1.82, 2.24) is 0 Å². The van der Waals surface area contributed by atoms with Crippen molar-refractivity contribution in [2.75, 3.05) is 0 Å². The second-order valence-electron chi connectivity index (χ2n) is 1.67. The molecule has 9 heavy (non-hydrogen) atoms. The van der Waals surface area contributed by atoms with Crippen molar-refractivity contribution >= 4 is 15.4 Å². The van der Waals surface area contributed by atoms with Crippen LogP contribution in [0, 0.1) is 0 Å². The summed E-state index contributed by atoms with van der Waals surface area (Å²) in [5, 5.41) is 18.2. The molecule has 0 bridgehead atoms.